The maximum atomic E-state index is 11.6. The van der Waals surface area contributed by atoms with Crippen LogP contribution >= 0.6 is 11.6 Å². The minimum absolute atomic E-state index is 0.116. The summed E-state index contributed by atoms with van der Waals surface area (Å²) < 4.78 is 10.0. The number of nitrogens with zero attached hydrogens (tertiary/aromatic N) is 1. The second-order valence-electron chi connectivity index (χ2n) is 5.61. The lowest BCUT2D eigenvalue weighted by atomic mass is 10.2. The van der Waals surface area contributed by atoms with Crippen molar-refractivity contribution >= 4 is 34.6 Å². The molecule has 2 N–H and O–H groups in total. The van der Waals surface area contributed by atoms with E-state index in [1.54, 1.807) is 18.2 Å². The number of hydrogen-bond acceptors (Lipinski definition) is 6. The highest BCUT2D eigenvalue weighted by atomic mass is 35.5. The molecule has 1 aliphatic heterocycles. The molecule has 0 aromatic heterocycles. The van der Waals surface area contributed by atoms with Crippen molar-refractivity contribution in [1.29, 1.82) is 0 Å². The molecule has 1 saturated heterocycles. The minimum Gasteiger partial charge on any atom is -0.506 e. The van der Waals surface area contributed by atoms with Crippen LogP contribution < -0.4 is 10.2 Å². The molecule has 25 heavy (non-hydrogen) atoms. The number of methoxy groups -OCH3 is 1. The molecule has 0 bridgehead atoms. The SMILES string of the molecule is COC(=O)c1ccc(Nc2cc(N3CCOCC3)ccc2O)c(Cl)c1. The van der Waals surface area contributed by atoms with Gasteiger partial charge in [0.15, 0.2) is 0 Å². The van der Waals surface area contributed by atoms with Gasteiger partial charge in [0, 0.05) is 18.8 Å². The summed E-state index contributed by atoms with van der Waals surface area (Å²) in [5.74, 6) is -0.337. The number of phenolic OH excluding ortho intramolecular Hbond substituents is 1. The van der Waals surface area contributed by atoms with Crippen molar-refractivity contribution in [3.05, 3.63) is 47.0 Å². The third kappa shape index (κ3) is 3.97. The monoisotopic (exact) mass is 362 g/mol. The fourth-order valence-electron chi connectivity index (χ4n) is 2.65. The Morgan fingerprint density at radius 1 is 1.20 bits per heavy atom. The fraction of sp³-hybridized carbons (Fsp3) is 0.278. The lowest BCUT2D eigenvalue weighted by molar-refractivity contribution is 0.0600. The maximum Gasteiger partial charge on any atom is 0.337 e. The molecule has 6 nitrogen and oxygen atoms in total. The van der Waals surface area contributed by atoms with Crippen LogP contribution in [0.4, 0.5) is 17.1 Å². The van der Waals surface area contributed by atoms with E-state index in [0.29, 0.717) is 35.2 Å². The van der Waals surface area contributed by atoms with Gasteiger partial charge in [-0.05, 0) is 36.4 Å². The van der Waals surface area contributed by atoms with Gasteiger partial charge in [-0.25, -0.2) is 4.79 Å². The molecule has 0 aliphatic carbocycles. The highest BCUT2D eigenvalue weighted by Gasteiger charge is 2.14. The summed E-state index contributed by atoms with van der Waals surface area (Å²) >= 11 is 6.24. The Hall–Kier alpha value is -2.44. The molecule has 0 amide bonds. The number of halogens is 1. The van der Waals surface area contributed by atoms with Gasteiger partial charge in [0.05, 0.1) is 42.3 Å². The topological polar surface area (TPSA) is 71.0 Å². The molecule has 1 fully saturated rings. The molecule has 1 aliphatic rings. The Labute approximate surface area is 150 Å². The number of esters is 1. The minimum atomic E-state index is -0.453. The lowest BCUT2D eigenvalue weighted by Crippen LogP contribution is -2.36. The molecule has 1 heterocycles. The van der Waals surface area contributed by atoms with Gasteiger partial charge in [0.25, 0.3) is 0 Å². The Kier molecular flexibility index (Phi) is 5.31. The molecule has 0 unspecified atom stereocenters. The van der Waals surface area contributed by atoms with E-state index in [1.165, 1.54) is 13.2 Å². The van der Waals surface area contributed by atoms with Gasteiger partial charge < -0.3 is 24.8 Å². The summed E-state index contributed by atoms with van der Waals surface area (Å²) in [5, 5.41) is 13.6. The van der Waals surface area contributed by atoms with E-state index < -0.39 is 5.97 Å². The van der Waals surface area contributed by atoms with E-state index in [1.807, 2.05) is 12.1 Å². The molecule has 0 saturated carbocycles. The molecule has 2 aromatic rings. The summed E-state index contributed by atoms with van der Waals surface area (Å²) in [7, 11) is 1.32. The largest absolute Gasteiger partial charge is 0.506 e. The Bertz CT molecular complexity index is 776. The fourth-order valence-corrected chi connectivity index (χ4v) is 2.88. The zero-order chi connectivity index (χ0) is 17.8. The number of benzene rings is 2. The van der Waals surface area contributed by atoms with Crippen LogP contribution in [-0.2, 0) is 9.47 Å². The summed E-state index contributed by atoms with van der Waals surface area (Å²) in [4.78, 5) is 13.7. The molecule has 132 valence electrons. The average Bonchev–Trinajstić information content (AvgIpc) is 2.65. The molecule has 3 rings (SSSR count). The highest BCUT2D eigenvalue weighted by molar-refractivity contribution is 6.33. The van der Waals surface area contributed by atoms with E-state index in [0.717, 1.165) is 18.8 Å². The van der Waals surface area contributed by atoms with Crippen LogP contribution in [0.1, 0.15) is 10.4 Å². The van der Waals surface area contributed by atoms with Crippen LogP contribution in [-0.4, -0.2) is 44.5 Å². The van der Waals surface area contributed by atoms with Crippen molar-refractivity contribution in [3.8, 4) is 5.75 Å². The molecule has 0 spiro atoms. The molecule has 2 aromatic carbocycles. The lowest BCUT2D eigenvalue weighted by Gasteiger charge is -2.29. The first-order valence-electron chi connectivity index (χ1n) is 7.89. The number of anilines is 3. The third-order valence-electron chi connectivity index (χ3n) is 4.02. The molecule has 0 atom stereocenters. The zero-order valence-electron chi connectivity index (χ0n) is 13.8. The highest BCUT2D eigenvalue weighted by Crippen LogP contribution is 2.34. The first-order valence-corrected chi connectivity index (χ1v) is 8.27. The molecule has 0 radical (unpaired) electrons. The van der Waals surface area contributed by atoms with E-state index >= 15 is 0 Å². The number of aromatic hydroxyl groups is 1. The first kappa shape index (κ1) is 17.4. The van der Waals surface area contributed by atoms with Crippen LogP contribution in [0.25, 0.3) is 0 Å². The molecular weight excluding hydrogens is 344 g/mol. The molecule has 7 heteroatoms. The Morgan fingerprint density at radius 3 is 2.64 bits per heavy atom. The van der Waals surface area contributed by atoms with Crippen LogP contribution in [0.15, 0.2) is 36.4 Å². The van der Waals surface area contributed by atoms with Crippen LogP contribution in [0.3, 0.4) is 0 Å². The van der Waals surface area contributed by atoms with E-state index in [2.05, 4.69) is 15.0 Å². The number of morpholine rings is 1. The second-order valence-corrected chi connectivity index (χ2v) is 6.02. The summed E-state index contributed by atoms with van der Waals surface area (Å²) in [6.45, 7) is 2.98. The number of rotatable bonds is 4. The predicted octanol–water partition coefficient (Wildman–Crippen LogP) is 3.41. The number of carbonyl (C=O) groups is 1. The Morgan fingerprint density at radius 2 is 1.96 bits per heavy atom. The van der Waals surface area contributed by atoms with E-state index in [9.17, 15) is 9.90 Å². The normalized spacial score (nSPS) is 14.2. The number of phenols is 1. The number of nitrogens with one attached hydrogen (secondary N) is 1. The number of carbonyl (C=O) groups excluding carboxylic acids is 1. The first-order chi connectivity index (χ1) is 12.1. The maximum absolute atomic E-state index is 11.6. The van der Waals surface area contributed by atoms with E-state index in [4.69, 9.17) is 16.3 Å². The zero-order valence-corrected chi connectivity index (χ0v) is 14.5. The van der Waals surface area contributed by atoms with Crippen molar-refractivity contribution in [1.82, 2.24) is 0 Å². The van der Waals surface area contributed by atoms with E-state index in [-0.39, 0.29) is 5.75 Å². The van der Waals surface area contributed by atoms with Gasteiger partial charge >= 0.3 is 5.97 Å². The van der Waals surface area contributed by atoms with Crippen molar-refractivity contribution in [2.24, 2.45) is 0 Å². The van der Waals surface area contributed by atoms with Crippen LogP contribution in [0, 0.1) is 0 Å². The van der Waals surface area contributed by atoms with Gasteiger partial charge in [0.2, 0.25) is 0 Å². The Balaban J connectivity index is 1.83. The smallest absolute Gasteiger partial charge is 0.337 e. The molecular formula is C18H19ClN2O4. The van der Waals surface area contributed by atoms with Crippen molar-refractivity contribution < 1.29 is 19.4 Å². The average molecular weight is 363 g/mol. The van der Waals surface area contributed by atoms with Crippen molar-refractivity contribution in [2.75, 3.05) is 43.6 Å². The quantitative estimate of drug-likeness (QED) is 0.641. The van der Waals surface area contributed by atoms with Gasteiger partial charge in [-0.1, -0.05) is 11.6 Å². The third-order valence-corrected chi connectivity index (χ3v) is 4.33. The standard InChI is InChI=1S/C18H19ClN2O4/c1-24-18(23)12-2-4-15(14(19)10-12)20-16-11-13(3-5-17(16)22)21-6-8-25-9-7-21/h2-5,10-11,20,22H,6-9H2,1H3. The van der Waals surface area contributed by atoms with Crippen LogP contribution in [0.2, 0.25) is 5.02 Å². The van der Waals surface area contributed by atoms with Gasteiger partial charge in [-0.15, -0.1) is 0 Å². The van der Waals surface area contributed by atoms with Crippen molar-refractivity contribution in [2.45, 2.75) is 0 Å². The van der Waals surface area contributed by atoms with Crippen molar-refractivity contribution in [3.63, 3.8) is 0 Å². The van der Waals surface area contributed by atoms with Crippen LogP contribution in [0.5, 0.6) is 5.75 Å². The predicted molar refractivity (Wildman–Crippen MR) is 97.2 cm³/mol. The number of hydrogen-bond donors (Lipinski definition) is 2. The summed E-state index contributed by atoms with van der Waals surface area (Å²) in [6, 6.07) is 10.2. The number of ether oxygens (including phenoxy) is 2. The van der Waals surface area contributed by atoms with Gasteiger partial charge in [0.1, 0.15) is 5.75 Å². The van der Waals surface area contributed by atoms with Gasteiger partial charge in [-0.2, -0.15) is 0 Å². The summed E-state index contributed by atoms with van der Waals surface area (Å²) in [5.41, 5.74) is 2.48. The van der Waals surface area contributed by atoms with Gasteiger partial charge in [-0.3, -0.25) is 0 Å². The second kappa shape index (κ2) is 7.63. The summed E-state index contributed by atoms with van der Waals surface area (Å²) in [6.07, 6.45) is 0.